The van der Waals surface area contributed by atoms with Gasteiger partial charge in [-0.3, -0.25) is 9.48 Å². The number of aromatic nitrogens is 2. The maximum Gasteiger partial charge on any atom is 0.221 e. The van der Waals surface area contributed by atoms with Crippen LogP contribution in [0, 0.1) is 0 Å². The van der Waals surface area contributed by atoms with Crippen molar-refractivity contribution >= 4 is 5.91 Å². The van der Waals surface area contributed by atoms with Gasteiger partial charge >= 0.3 is 0 Å². The Balaban J connectivity index is 2.41. The molecule has 0 spiro atoms. The normalized spacial score (nSPS) is 12.5. The molecule has 1 aromatic heterocycles. The standard InChI is InChI=1S/C10H18N4O/c1-8(9-6-12-14(3)7-9)13-10(15)4-5-11-2/h6-8,11H,4-5H2,1-3H3,(H,13,15). The number of hydrogen-bond donors (Lipinski definition) is 2. The van der Waals surface area contributed by atoms with Gasteiger partial charge < -0.3 is 10.6 Å². The van der Waals surface area contributed by atoms with Gasteiger partial charge in [-0.25, -0.2) is 0 Å². The van der Waals surface area contributed by atoms with Crippen molar-refractivity contribution in [3.05, 3.63) is 18.0 Å². The molecule has 5 nitrogen and oxygen atoms in total. The van der Waals surface area contributed by atoms with E-state index >= 15 is 0 Å². The van der Waals surface area contributed by atoms with Crippen LogP contribution in [-0.2, 0) is 11.8 Å². The highest BCUT2D eigenvalue weighted by Crippen LogP contribution is 2.09. The highest BCUT2D eigenvalue weighted by molar-refractivity contribution is 5.76. The van der Waals surface area contributed by atoms with Crippen LogP contribution in [-0.4, -0.2) is 29.3 Å². The lowest BCUT2D eigenvalue weighted by Gasteiger charge is -2.11. The van der Waals surface area contributed by atoms with Crippen molar-refractivity contribution < 1.29 is 4.79 Å². The lowest BCUT2D eigenvalue weighted by molar-refractivity contribution is -0.121. The van der Waals surface area contributed by atoms with E-state index in [4.69, 9.17) is 0 Å². The van der Waals surface area contributed by atoms with Gasteiger partial charge in [-0.2, -0.15) is 5.10 Å². The van der Waals surface area contributed by atoms with Crippen molar-refractivity contribution in [3.63, 3.8) is 0 Å². The second kappa shape index (κ2) is 5.50. The van der Waals surface area contributed by atoms with E-state index in [0.717, 1.165) is 5.56 Å². The molecule has 0 saturated carbocycles. The van der Waals surface area contributed by atoms with E-state index in [2.05, 4.69) is 15.7 Å². The highest BCUT2D eigenvalue weighted by Gasteiger charge is 2.10. The predicted octanol–water partition coefficient (Wildman–Crippen LogP) is 0.207. The zero-order valence-electron chi connectivity index (χ0n) is 9.45. The van der Waals surface area contributed by atoms with E-state index in [9.17, 15) is 4.79 Å². The number of carbonyl (C=O) groups excluding carboxylic acids is 1. The molecule has 1 rings (SSSR count). The van der Waals surface area contributed by atoms with Gasteiger partial charge in [-0.15, -0.1) is 0 Å². The predicted molar refractivity (Wildman–Crippen MR) is 58.3 cm³/mol. The first-order valence-electron chi connectivity index (χ1n) is 5.06. The summed E-state index contributed by atoms with van der Waals surface area (Å²) in [4.78, 5) is 11.4. The Bertz CT molecular complexity index is 321. The first kappa shape index (κ1) is 11.7. The number of aryl methyl sites for hydroxylation is 1. The van der Waals surface area contributed by atoms with Crippen LogP contribution in [0.1, 0.15) is 24.9 Å². The molecule has 0 aliphatic rings. The molecule has 0 aliphatic carbocycles. The fourth-order valence-electron chi connectivity index (χ4n) is 1.30. The molecule has 0 saturated heterocycles. The van der Waals surface area contributed by atoms with Gasteiger partial charge in [0.15, 0.2) is 0 Å². The third-order valence-corrected chi connectivity index (χ3v) is 2.20. The van der Waals surface area contributed by atoms with Crippen molar-refractivity contribution in [3.8, 4) is 0 Å². The number of hydrogen-bond acceptors (Lipinski definition) is 3. The van der Waals surface area contributed by atoms with Crippen LogP contribution in [0.3, 0.4) is 0 Å². The lowest BCUT2D eigenvalue weighted by atomic mass is 10.2. The van der Waals surface area contributed by atoms with Crippen molar-refractivity contribution in [2.24, 2.45) is 7.05 Å². The van der Waals surface area contributed by atoms with Gasteiger partial charge in [0.2, 0.25) is 5.91 Å². The Morgan fingerprint density at radius 2 is 2.40 bits per heavy atom. The third-order valence-electron chi connectivity index (χ3n) is 2.20. The number of carbonyl (C=O) groups is 1. The molecule has 1 aromatic rings. The average molecular weight is 210 g/mol. The van der Waals surface area contributed by atoms with Gasteiger partial charge in [-0.05, 0) is 14.0 Å². The van der Waals surface area contributed by atoms with Crippen molar-refractivity contribution in [1.29, 1.82) is 0 Å². The monoisotopic (exact) mass is 210 g/mol. The zero-order valence-corrected chi connectivity index (χ0v) is 9.45. The minimum Gasteiger partial charge on any atom is -0.349 e. The smallest absolute Gasteiger partial charge is 0.221 e. The number of rotatable bonds is 5. The van der Waals surface area contributed by atoms with Crippen LogP contribution in [0.2, 0.25) is 0 Å². The average Bonchev–Trinajstić information content (AvgIpc) is 2.61. The van der Waals surface area contributed by atoms with E-state index in [0.29, 0.717) is 13.0 Å². The largest absolute Gasteiger partial charge is 0.349 e. The minimum absolute atomic E-state index is 0.0167. The molecule has 0 aromatic carbocycles. The Morgan fingerprint density at radius 3 is 2.93 bits per heavy atom. The van der Waals surface area contributed by atoms with E-state index < -0.39 is 0 Å². The Labute approximate surface area is 89.9 Å². The summed E-state index contributed by atoms with van der Waals surface area (Å²) >= 11 is 0. The number of nitrogens with one attached hydrogen (secondary N) is 2. The Morgan fingerprint density at radius 1 is 1.67 bits per heavy atom. The van der Waals surface area contributed by atoms with Crippen LogP contribution in [0.15, 0.2) is 12.4 Å². The van der Waals surface area contributed by atoms with E-state index in [1.165, 1.54) is 0 Å². The third kappa shape index (κ3) is 3.71. The maximum absolute atomic E-state index is 11.4. The molecule has 0 radical (unpaired) electrons. The number of nitrogens with zero attached hydrogens (tertiary/aromatic N) is 2. The van der Waals surface area contributed by atoms with Gasteiger partial charge in [0, 0.05) is 31.8 Å². The van der Waals surface area contributed by atoms with Crippen molar-refractivity contribution in [2.45, 2.75) is 19.4 Å². The van der Waals surface area contributed by atoms with Gasteiger partial charge in [-0.1, -0.05) is 0 Å². The van der Waals surface area contributed by atoms with Crippen LogP contribution < -0.4 is 10.6 Å². The molecular weight excluding hydrogens is 192 g/mol. The zero-order chi connectivity index (χ0) is 11.3. The first-order valence-corrected chi connectivity index (χ1v) is 5.06. The van der Waals surface area contributed by atoms with Crippen molar-refractivity contribution in [1.82, 2.24) is 20.4 Å². The minimum atomic E-state index is 0.0167. The molecule has 0 bridgehead atoms. The second-order valence-corrected chi connectivity index (χ2v) is 3.59. The summed E-state index contributed by atoms with van der Waals surface area (Å²) in [6, 6.07) is 0.0167. The molecule has 15 heavy (non-hydrogen) atoms. The molecule has 1 unspecified atom stereocenters. The Hall–Kier alpha value is -1.36. The fraction of sp³-hybridized carbons (Fsp3) is 0.600. The van der Waals surface area contributed by atoms with Gasteiger partial charge in [0.1, 0.15) is 0 Å². The molecule has 1 heterocycles. The molecule has 84 valence electrons. The summed E-state index contributed by atoms with van der Waals surface area (Å²) in [6.45, 7) is 2.65. The first-order chi connectivity index (χ1) is 7.13. The van der Waals surface area contributed by atoms with Crippen LogP contribution in [0.5, 0.6) is 0 Å². The van der Waals surface area contributed by atoms with Gasteiger partial charge in [0.05, 0.1) is 12.2 Å². The molecule has 2 N–H and O–H groups in total. The summed E-state index contributed by atoms with van der Waals surface area (Å²) in [7, 11) is 3.69. The summed E-state index contributed by atoms with van der Waals surface area (Å²) < 4.78 is 1.73. The summed E-state index contributed by atoms with van der Waals surface area (Å²) in [5.74, 6) is 0.0562. The fourth-order valence-corrected chi connectivity index (χ4v) is 1.30. The molecular formula is C10H18N4O. The summed E-state index contributed by atoms with van der Waals surface area (Å²) in [6.07, 6.45) is 4.17. The Kier molecular flexibility index (Phi) is 4.30. The van der Waals surface area contributed by atoms with Crippen LogP contribution in [0.25, 0.3) is 0 Å². The van der Waals surface area contributed by atoms with E-state index in [1.807, 2.05) is 27.2 Å². The summed E-state index contributed by atoms with van der Waals surface area (Å²) in [5.41, 5.74) is 1.02. The molecule has 0 aliphatic heterocycles. The molecule has 1 amide bonds. The topological polar surface area (TPSA) is 59.0 Å². The molecule has 1 atom stereocenters. The van der Waals surface area contributed by atoms with Crippen molar-refractivity contribution in [2.75, 3.05) is 13.6 Å². The number of amides is 1. The van der Waals surface area contributed by atoms with Crippen LogP contribution in [0.4, 0.5) is 0 Å². The second-order valence-electron chi connectivity index (χ2n) is 3.59. The molecule has 5 heteroatoms. The summed E-state index contributed by atoms with van der Waals surface area (Å²) in [5, 5.41) is 9.91. The van der Waals surface area contributed by atoms with Gasteiger partial charge in [0.25, 0.3) is 0 Å². The van der Waals surface area contributed by atoms with E-state index in [-0.39, 0.29) is 11.9 Å². The van der Waals surface area contributed by atoms with E-state index in [1.54, 1.807) is 10.9 Å². The highest BCUT2D eigenvalue weighted by atomic mass is 16.1. The lowest BCUT2D eigenvalue weighted by Crippen LogP contribution is -2.28. The quantitative estimate of drug-likeness (QED) is 0.730. The molecule has 0 fully saturated rings. The maximum atomic E-state index is 11.4. The SMILES string of the molecule is CNCCC(=O)NC(C)c1cnn(C)c1. The van der Waals surface area contributed by atoms with Crippen LogP contribution >= 0.6 is 0 Å².